The summed E-state index contributed by atoms with van der Waals surface area (Å²) < 4.78 is 1.11. The van der Waals surface area contributed by atoms with Gasteiger partial charge in [0.1, 0.15) is 0 Å². The molecule has 2 N–H and O–H groups in total. The first kappa shape index (κ1) is 24.3. The first-order valence-electron chi connectivity index (χ1n) is 12.6. The van der Waals surface area contributed by atoms with Gasteiger partial charge in [0.2, 0.25) is 5.91 Å². The third kappa shape index (κ3) is 4.97. The van der Waals surface area contributed by atoms with Crippen LogP contribution in [0.3, 0.4) is 0 Å². The van der Waals surface area contributed by atoms with E-state index >= 15 is 0 Å². The molecule has 0 unspecified atom stereocenters. The lowest BCUT2D eigenvalue weighted by molar-refractivity contribution is -0.119. The maximum Gasteiger partial charge on any atom is 0.261 e. The number of nitrogens with one attached hydrogen (secondary N) is 2. The van der Waals surface area contributed by atoms with Crippen LogP contribution in [0.15, 0.2) is 48.5 Å². The van der Waals surface area contributed by atoms with Crippen molar-refractivity contribution >= 4 is 51.3 Å². The van der Waals surface area contributed by atoms with E-state index in [4.69, 9.17) is 0 Å². The average Bonchev–Trinajstić information content (AvgIpc) is 3.55. The predicted molar refractivity (Wildman–Crippen MR) is 146 cm³/mol. The summed E-state index contributed by atoms with van der Waals surface area (Å²) in [4.78, 5) is 29.0. The molecule has 1 atom stereocenters. The number of piperidine rings is 3. The number of carbonyl (C=O) groups is 2. The summed E-state index contributed by atoms with van der Waals surface area (Å²) in [6, 6.07) is 16.6. The Bertz CT molecular complexity index is 1230. The molecule has 0 spiro atoms. The van der Waals surface area contributed by atoms with E-state index in [-0.39, 0.29) is 36.2 Å². The van der Waals surface area contributed by atoms with Crippen molar-refractivity contribution in [2.45, 2.75) is 44.6 Å². The van der Waals surface area contributed by atoms with Gasteiger partial charge < -0.3 is 15.5 Å². The average molecular weight is 510 g/mol. The van der Waals surface area contributed by atoms with Crippen LogP contribution in [0.1, 0.15) is 48.2 Å². The van der Waals surface area contributed by atoms with Crippen LogP contribution >= 0.6 is 23.7 Å². The van der Waals surface area contributed by atoms with E-state index in [0.717, 1.165) is 64.0 Å². The molecule has 3 aromatic rings. The van der Waals surface area contributed by atoms with Gasteiger partial charge in [-0.25, -0.2) is 0 Å². The molecule has 1 saturated carbocycles. The minimum atomic E-state index is 0. The van der Waals surface area contributed by atoms with Gasteiger partial charge in [0.25, 0.3) is 5.91 Å². The Labute approximate surface area is 216 Å². The van der Waals surface area contributed by atoms with Gasteiger partial charge in [0.05, 0.1) is 4.88 Å². The standard InChI is InChI=1S/C28H31N3O2S.ClH/c32-27(19-5-1-2-6-19)29-22-9-3-7-20(15-22)23-10-4-8-21-16-25(34-26(21)23)28(33)30-24-17-31-13-11-18(24)12-14-31;/h3-4,7-10,15-16,18-19,24H,1-2,5-6,11-14,17H2,(H,29,32)(H,30,33);1H/t24-;/m0./s1. The largest absolute Gasteiger partial charge is 0.347 e. The highest BCUT2D eigenvalue weighted by Crippen LogP contribution is 2.36. The molecule has 7 heteroatoms. The minimum Gasteiger partial charge on any atom is -0.347 e. The molecule has 3 saturated heterocycles. The molecule has 4 heterocycles. The Morgan fingerprint density at radius 2 is 1.71 bits per heavy atom. The third-order valence-corrected chi connectivity index (χ3v) is 9.09. The predicted octanol–water partition coefficient (Wildman–Crippen LogP) is 5.94. The highest BCUT2D eigenvalue weighted by Gasteiger charge is 2.35. The summed E-state index contributed by atoms with van der Waals surface area (Å²) in [5, 5.41) is 7.53. The second-order valence-electron chi connectivity index (χ2n) is 10.1. The fraction of sp³-hybridized carbons (Fsp3) is 0.429. The molecule has 4 fully saturated rings. The van der Waals surface area contributed by atoms with Gasteiger partial charge in [-0.15, -0.1) is 23.7 Å². The number of rotatable bonds is 5. The Morgan fingerprint density at radius 1 is 0.943 bits per heavy atom. The van der Waals surface area contributed by atoms with E-state index in [1.54, 1.807) is 11.3 Å². The fourth-order valence-corrected chi connectivity index (χ4v) is 7.07. The zero-order valence-electron chi connectivity index (χ0n) is 19.8. The summed E-state index contributed by atoms with van der Waals surface area (Å²) in [7, 11) is 0. The quantitative estimate of drug-likeness (QED) is 0.447. The van der Waals surface area contributed by atoms with Crippen molar-refractivity contribution in [3.8, 4) is 11.1 Å². The summed E-state index contributed by atoms with van der Waals surface area (Å²) in [6.45, 7) is 3.32. The Balaban J connectivity index is 0.00000253. The molecular formula is C28H32ClN3O2S. The van der Waals surface area contributed by atoms with Gasteiger partial charge in [-0.3, -0.25) is 9.59 Å². The molecule has 2 amide bonds. The van der Waals surface area contributed by atoms with Crippen LogP contribution in [0, 0.1) is 11.8 Å². The van der Waals surface area contributed by atoms with E-state index in [1.807, 2.05) is 30.3 Å². The van der Waals surface area contributed by atoms with Crippen molar-refractivity contribution < 1.29 is 9.59 Å². The number of amides is 2. The lowest BCUT2D eigenvalue weighted by Crippen LogP contribution is -2.57. The lowest BCUT2D eigenvalue weighted by Gasteiger charge is -2.44. The van der Waals surface area contributed by atoms with Crippen LogP contribution in [0.5, 0.6) is 0 Å². The number of anilines is 1. The molecule has 2 bridgehead atoms. The number of hydrogen-bond donors (Lipinski definition) is 2. The summed E-state index contributed by atoms with van der Waals surface area (Å²) in [6.07, 6.45) is 6.65. The number of hydrogen-bond acceptors (Lipinski definition) is 4. The zero-order valence-corrected chi connectivity index (χ0v) is 21.4. The topological polar surface area (TPSA) is 61.4 Å². The van der Waals surface area contributed by atoms with Gasteiger partial charge in [-0.05, 0) is 79.4 Å². The number of benzene rings is 2. The highest BCUT2D eigenvalue weighted by molar-refractivity contribution is 7.21. The lowest BCUT2D eigenvalue weighted by atomic mass is 9.84. The molecule has 7 rings (SSSR count). The minimum absolute atomic E-state index is 0. The van der Waals surface area contributed by atoms with E-state index < -0.39 is 0 Å². The summed E-state index contributed by atoms with van der Waals surface area (Å²) >= 11 is 1.56. The number of fused-ring (bicyclic) bond motifs is 4. The van der Waals surface area contributed by atoms with E-state index in [2.05, 4.69) is 33.7 Å². The number of nitrogens with zero attached hydrogens (tertiary/aromatic N) is 1. The van der Waals surface area contributed by atoms with E-state index in [9.17, 15) is 9.59 Å². The summed E-state index contributed by atoms with van der Waals surface area (Å²) in [5.41, 5.74) is 2.99. The van der Waals surface area contributed by atoms with Crippen molar-refractivity contribution in [1.82, 2.24) is 10.2 Å². The van der Waals surface area contributed by atoms with Gasteiger partial charge in [0.15, 0.2) is 0 Å². The summed E-state index contributed by atoms with van der Waals surface area (Å²) in [5.74, 6) is 0.932. The zero-order chi connectivity index (χ0) is 23.1. The molecule has 4 aliphatic rings. The van der Waals surface area contributed by atoms with Crippen molar-refractivity contribution in [1.29, 1.82) is 0 Å². The Hall–Kier alpha value is -2.41. The second-order valence-corrected chi connectivity index (χ2v) is 11.2. The van der Waals surface area contributed by atoms with E-state index in [1.165, 1.54) is 25.9 Å². The van der Waals surface area contributed by atoms with E-state index in [0.29, 0.717) is 5.92 Å². The van der Waals surface area contributed by atoms with Gasteiger partial charge in [-0.2, -0.15) is 0 Å². The molecule has 3 aliphatic heterocycles. The second kappa shape index (κ2) is 10.3. The van der Waals surface area contributed by atoms with Crippen LogP contribution in [-0.2, 0) is 4.79 Å². The van der Waals surface area contributed by atoms with Crippen molar-refractivity contribution in [2.24, 2.45) is 11.8 Å². The molecule has 35 heavy (non-hydrogen) atoms. The van der Waals surface area contributed by atoms with Gasteiger partial charge >= 0.3 is 0 Å². The Kier molecular flexibility index (Phi) is 7.14. The number of carbonyl (C=O) groups excluding carboxylic acids is 2. The van der Waals surface area contributed by atoms with Crippen LogP contribution in [-0.4, -0.2) is 42.4 Å². The monoisotopic (exact) mass is 509 g/mol. The van der Waals surface area contributed by atoms with Crippen LogP contribution in [0.25, 0.3) is 21.2 Å². The van der Waals surface area contributed by atoms with Gasteiger partial charge in [-0.1, -0.05) is 43.2 Å². The third-order valence-electron chi connectivity index (χ3n) is 7.91. The van der Waals surface area contributed by atoms with Crippen LogP contribution < -0.4 is 10.6 Å². The smallest absolute Gasteiger partial charge is 0.261 e. The first-order valence-corrected chi connectivity index (χ1v) is 13.4. The normalized spacial score (nSPS) is 23.7. The van der Waals surface area contributed by atoms with Crippen LogP contribution in [0.2, 0.25) is 0 Å². The molecular weight excluding hydrogens is 478 g/mol. The van der Waals surface area contributed by atoms with Crippen molar-refractivity contribution in [3.05, 3.63) is 53.4 Å². The number of halogens is 1. The van der Waals surface area contributed by atoms with Crippen molar-refractivity contribution in [2.75, 3.05) is 25.0 Å². The molecule has 2 aromatic carbocycles. The molecule has 1 aliphatic carbocycles. The fourth-order valence-electron chi connectivity index (χ4n) is 5.97. The SMILES string of the molecule is Cl.O=C(N[C@H]1CN2CCC1CC2)c1cc2cccc(-c3cccc(NC(=O)C4CCCC4)c3)c2s1. The number of thiophene rings is 1. The Morgan fingerprint density at radius 3 is 2.46 bits per heavy atom. The van der Waals surface area contributed by atoms with Gasteiger partial charge in [0, 0.05) is 28.9 Å². The van der Waals surface area contributed by atoms with Crippen molar-refractivity contribution in [3.63, 3.8) is 0 Å². The molecule has 0 radical (unpaired) electrons. The maximum atomic E-state index is 13.1. The van der Waals surface area contributed by atoms with Crippen LogP contribution in [0.4, 0.5) is 5.69 Å². The molecule has 5 nitrogen and oxygen atoms in total. The maximum absolute atomic E-state index is 13.1. The molecule has 184 valence electrons. The molecule has 1 aromatic heterocycles. The first-order chi connectivity index (χ1) is 16.6. The highest BCUT2D eigenvalue weighted by atomic mass is 35.5.